The van der Waals surface area contributed by atoms with Crippen LogP contribution in [0.25, 0.3) is 22.6 Å². The van der Waals surface area contributed by atoms with Gasteiger partial charge in [-0.3, -0.25) is 4.79 Å². The number of hydrogen-bond acceptors (Lipinski definition) is 7. The first-order valence-electron chi connectivity index (χ1n) is 8.45. The number of hydrogen-bond donors (Lipinski definition) is 1. The van der Waals surface area contributed by atoms with E-state index in [1.165, 1.54) is 13.4 Å². The first-order chi connectivity index (χ1) is 13.6. The van der Waals surface area contributed by atoms with Gasteiger partial charge in [-0.1, -0.05) is 5.16 Å². The van der Waals surface area contributed by atoms with Crippen LogP contribution in [-0.4, -0.2) is 30.3 Å². The largest absolute Gasteiger partial charge is 0.497 e. The molecule has 142 valence electrons. The van der Waals surface area contributed by atoms with Crippen LogP contribution in [0.2, 0.25) is 0 Å². The van der Waals surface area contributed by atoms with Crippen molar-refractivity contribution >= 4 is 22.7 Å². The van der Waals surface area contributed by atoms with Crippen molar-refractivity contribution in [2.75, 3.05) is 19.5 Å². The number of nitrogens with one attached hydrogen (secondary N) is 1. The highest BCUT2D eigenvalue weighted by Crippen LogP contribution is 2.31. The normalized spacial score (nSPS) is 10.8. The summed E-state index contributed by atoms with van der Waals surface area (Å²) in [7, 11) is 3.08. The summed E-state index contributed by atoms with van der Waals surface area (Å²) in [5, 5.41) is 7.34. The van der Waals surface area contributed by atoms with Crippen LogP contribution in [0.5, 0.6) is 11.5 Å². The lowest BCUT2D eigenvalue weighted by atomic mass is 10.1. The summed E-state index contributed by atoms with van der Waals surface area (Å²) in [6.45, 7) is 1.75. The average molecular weight is 379 g/mol. The lowest BCUT2D eigenvalue weighted by Crippen LogP contribution is -2.14. The molecular formula is C20H17N3O5. The molecular weight excluding hydrogens is 362 g/mol. The molecule has 0 saturated carbocycles. The van der Waals surface area contributed by atoms with Gasteiger partial charge in [-0.2, -0.15) is 0 Å². The van der Waals surface area contributed by atoms with Gasteiger partial charge in [0.05, 0.1) is 42.8 Å². The van der Waals surface area contributed by atoms with Gasteiger partial charge < -0.3 is 23.7 Å². The minimum absolute atomic E-state index is 0.262. The Kier molecular flexibility index (Phi) is 4.44. The van der Waals surface area contributed by atoms with Gasteiger partial charge >= 0.3 is 0 Å². The average Bonchev–Trinajstić information content (AvgIpc) is 3.38. The number of anilines is 1. The van der Waals surface area contributed by atoms with E-state index in [1.54, 1.807) is 50.4 Å². The van der Waals surface area contributed by atoms with Crippen LogP contribution in [0.1, 0.15) is 16.1 Å². The fourth-order valence-electron chi connectivity index (χ4n) is 2.92. The van der Waals surface area contributed by atoms with E-state index in [1.807, 2.05) is 0 Å². The van der Waals surface area contributed by atoms with Crippen molar-refractivity contribution in [1.29, 1.82) is 0 Å². The second kappa shape index (κ2) is 7.07. The van der Waals surface area contributed by atoms with Gasteiger partial charge in [-0.15, -0.1) is 0 Å². The van der Waals surface area contributed by atoms with Crippen LogP contribution in [-0.2, 0) is 0 Å². The summed E-state index contributed by atoms with van der Waals surface area (Å²) in [4.78, 5) is 17.5. The van der Waals surface area contributed by atoms with E-state index in [0.29, 0.717) is 45.3 Å². The van der Waals surface area contributed by atoms with E-state index in [0.717, 1.165) is 0 Å². The number of carbonyl (C=O) groups is 1. The van der Waals surface area contributed by atoms with E-state index < -0.39 is 0 Å². The summed E-state index contributed by atoms with van der Waals surface area (Å²) in [6.07, 6.45) is 1.54. The van der Waals surface area contributed by atoms with Crippen molar-refractivity contribution < 1.29 is 23.2 Å². The fourth-order valence-corrected chi connectivity index (χ4v) is 2.92. The Morgan fingerprint density at radius 3 is 2.71 bits per heavy atom. The second-order valence-corrected chi connectivity index (χ2v) is 6.00. The van der Waals surface area contributed by atoms with Crippen molar-refractivity contribution in [3.63, 3.8) is 0 Å². The van der Waals surface area contributed by atoms with Gasteiger partial charge in [0, 0.05) is 6.07 Å². The standard InChI is InChI=1S/C20H17N3O5/c1-11-18-13(10-15(16-5-4-8-27-16)22-20(18)28-23-11)19(24)21-14-7-6-12(25-2)9-17(14)26-3/h4-10H,1-3H3,(H,21,24). The molecule has 0 unspecified atom stereocenters. The Hall–Kier alpha value is -3.81. The van der Waals surface area contributed by atoms with Crippen LogP contribution in [0.3, 0.4) is 0 Å². The number of pyridine rings is 1. The molecule has 1 amide bonds. The molecule has 0 bridgehead atoms. The molecule has 0 atom stereocenters. The Labute approximate surface area is 160 Å². The number of methoxy groups -OCH3 is 2. The van der Waals surface area contributed by atoms with Gasteiger partial charge in [0.2, 0.25) is 0 Å². The molecule has 28 heavy (non-hydrogen) atoms. The number of rotatable bonds is 5. The topological polar surface area (TPSA) is 99.6 Å². The SMILES string of the molecule is COc1ccc(NC(=O)c2cc(-c3ccco3)nc3onc(C)c23)c(OC)c1. The zero-order chi connectivity index (χ0) is 19.7. The molecule has 8 heteroatoms. The third-order valence-electron chi connectivity index (χ3n) is 4.29. The maximum atomic E-state index is 13.1. The van der Waals surface area contributed by atoms with Crippen LogP contribution in [0, 0.1) is 6.92 Å². The van der Waals surface area contributed by atoms with E-state index in [4.69, 9.17) is 18.4 Å². The highest BCUT2D eigenvalue weighted by molar-refractivity contribution is 6.13. The zero-order valence-corrected chi connectivity index (χ0v) is 15.5. The predicted octanol–water partition coefficient (Wildman–Crippen LogP) is 4.06. The Morgan fingerprint density at radius 1 is 1.14 bits per heavy atom. The quantitative estimate of drug-likeness (QED) is 0.558. The Morgan fingerprint density at radius 2 is 2.00 bits per heavy atom. The molecule has 0 aliphatic rings. The zero-order valence-electron chi connectivity index (χ0n) is 15.5. The molecule has 3 aromatic heterocycles. The molecule has 1 N–H and O–H groups in total. The van der Waals surface area contributed by atoms with Gasteiger partial charge in [-0.05, 0) is 37.3 Å². The Balaban J connectivity index is 1.78. The molecule has 0 spiro atoms. The summed E-state index contributed by atoms with van der Waals surface area (Å²) < 4.78 is 21.2. The third-order valence-corrected chi connectivity index (χ3v) is 4.29. The summed E-state index contributed by atoms with van der Waals surface area (Å²) in [6, 6.07) is 10.3. The number of nitrogens with zero attached hydrogens (tertiary/aromatic N) is 2. The number of aromatic nitrogens is 2. The molecule has 1 aromatic carbocycles. The number of furan rings is 1. The molecule has 0 aliphatic heterocycles. The van der Waals surface area contributed by atoms with Crippen molar-refractivity contribution in [2.24, 2.45) is 0 Å². The van der Waals surface area contributed by atoms with Crippen molar-refractivity contribution in [3.05, 3.63) is 53.9 Å². The molecule has 4 rings (SSSR count). The van der Waals surface area contributed by atoms with Crippen LogP contribution in [0.15, 0.2) is 51.6 Å². The van der Waals surface area contributed by atoms with Crippen molar-refractivity contribution in [2.45, 2.75) is 6.92 Å². The van der Waals surface area contributed by atoms with Crippen molar-refractivity contribution in [1.82, 2.24) is 10.1 Å². The number of ether oxygens (including phenoxy) is 2. The van der Waals surface area contributed by atoms with Gasteiger partial charge in [0.25, 0.3) is 11.6 Å². The summed E-state index contributed by atoms with van der Waals surface area (Å²) in [5.74, 6) is 1.27. The van der Waals surface area contributed by atoms with Crippen LogP contribution in [0.4, 0.5) is 5.69 Å². The van der Waals surface area contributed by atoms with Crippen molar-refractivity contribution in [3.8, 4) is 23.0 Å². The van der Waals surface area contributed by atoms with E-state index in [2.05, 4.69) is 15.5 Å². The highest BCUT2D eigenvalue weighted by atomic mass is 16.5. The smallest absolute Gasteiger partial charge is 0.259 e. The monoisotopic (exact) mass is 379 g/mol. The highest BCUT2D eigenvalue weighted by Gasteiger charge is 2.21. The number of benzene rings is 1. The number of fused-ring (bicyclic) bond motifs is 1. The molecule has 3 heterocycles. The molecule has 8 nitrogen and oxygen atoms in total. The predicted molar refractivity (Wildman–Crippen MR) is 102 cm³/mol. The maximum Gasteiger partial charge on any atom is 0.259 e. The number of carbonyl (C=O) groups excluding carboxylic acids is 1. The van der Waals surface area contributed by atoms with Gasteiger partial charge in [-0.25, -0.2) is 4.98 Å². The third kappa shape index (κ3) is 3.05. The summed E-state index contributed by atoms with van der Waals surface area (Å²) in [5.41, 5.74) is 2.18. The van der Waals surface area contributed by atoms with Crippen LogP contribution < -0.4 is 14.8 Å². The minimum atomic E-state index is -0.352. The number of aryl methyl sites for hydroxylation is 1. The van der Waals surface area contributed by atoms with Gasteiger partial charge in [0.15, 0.2) is 5.76 Å². The fraction of sp³-hybridized carbons (Fsp3) is 0.150. The molecule has 4 aromatic rings. The molecule has 0 radical (unpaired) electrons. The lowest BCUT2D eigenvalue weighted by molar-refractivity contribution is 0.102. The van der Waals surface area contributed by atoms with E-state index in [-0.39, 0.29) is 11.6 Å². The van der Waals surface area contributed by atoms with E-state index >= 15 is 0 Å². The minimum Gasteiger partial charge on any atom is -0.497 e. The Bertz CT molecular complexity index is 1150. The second-order valence-electron chi connectivity index (χ2n) is 6.00. The van der Waals surface area contributed by atoms with Gasteiger partial charge in [0.1, 0.15) is 17.2 Å². The maximum absolute atomic E-state index is 13.1. The molecule has 0 fully saturated rings. The lowest BCUT2D eigenvalue weighted by Gasteiger charge is -2.12. The van der Waals surface area contributed by atoms with E-state index in [9.17, 15) is 4.79 Å². The number of amides is 1. The van der Waals surface area contributed by atoms with Crippen LogP contribution >= 0.6 is 0 Å². The first kappa shape index (κ1) is 17.6. The summed E-state index contributed by atoms with van der Waals surface area (Å²) >= 11 is 0. The first-order valence-corrected chi connectivity index (χ1v) is 8.45. The molecule has 0 aliphatic carbocycles. The molecule has 0 saturated heterocycles.